The maximum absolute atomic E-state index is 5.06. The molecule has 3 aliphatic rings. The van der Waals surface area contributed by atoms with Crippen LogP contribution in [0.1, 0.15) is 61.1 Å². The smallest absolute Gasteiger partial charge is 0.137 e. The number of hydrogen-bond acceptors (Lipinski definition) is 6. The molecular formula is C26H36N6S. The third-order valence-electron chi connectivity index (χ3n) is 8.38. The van der Waals surface area contributed by atoms with Crippen LogP contribution in [0.4, 0.5) is 0 Å². The van der Waals surface area contributed by atoms with Crippen LogP contribution < -0.4 is 0 Å². The molecular weight excluding hydrogens is 428 g/mol. The van der Waals surface area contributed by atoms with Gasteiger partial charge in [-0.05, 0) is 76.7 Å². The van der Waals surface area contributed by atoms with Gasteiger partial charge in [0.15, 0.2) is 0 Å². The van der Waals surface area contributed by atoms with Crippen LogP contribution in [0.2, 0.25) is 0 Å². The normalized spacial score (nSPS) is 28.1. The molecule has 5 heterocycles. The molecule has 0 radical (unpaired) electrons. The second-order valence-electron chi connectivity index (χ2n) is 10.4. The minimum atomic E-state index is 0.484. The van der Waals surface area contributed by atoms with E-state index in [0.717, 1.165) is 17.4 Å². The molecule has 1 atom stereocenters. The van der Waals surface area contributed by atoms with Crippen molar-refractivity contribution in [3.63, 3.8) is 0 Å². The van der Waals surface area contributed by atoms with Crippen molar-refractivity contribution in [1.29, 1.82) is 0 Å². The van der Waals surface area contributed by atoms with Gasteiger partial charge in [-0.1, -0.05) is 0 Å². The molecule has 176 valence electrons. The van der Waals surface area contributed by atoms with Crippen molar-refractivity contribution in [2.45, 2.75) is 56.5 Å². The zero-order valence-electron chi connectivity index (χ0n) is 20.0. The Morgan fingerprint density at radius 3 is 2.58 bits per heavy atom. The van der Waals surface area contributed by atoms with Crippen molar-refractivity contribution < 1.29 is 0 Å². The van der Waals surface area contributed by atoms with E-state index in [2.05, 4.69) is 57.6 Å². The average Bonchev–Trinajstić information content (AvgIpc) is 3.58. The topological polar surface area (TPSA) is 51.3 Å². The van der Waals surface area contributed by atoms with Gasteiger partial charge in [-0.2, -0.15) is 0 Å². The molecule has 1 saturated carbocycles. The third-order valence-corrected chi connectivity index (χ3v) is 9.32. The van der Waals surface area contributed by atoms with Crippen LogP contribution in [0.15, 0.2) is 23.8 Å². The van der Waals surface area contributed by atoms with Crippen molar-refractivity contribution in [2.75, 3.05) is 46.8 Å². The van der Waals surface area contributed by atoms with E-state index in [1.165, 1.54) is 92.8 Å². The fourth-order valence-corrected chi connectivity index (χ4v) is 7.22. The number of likely N-dealkylation sites (N-methyl/N-ethyl adjacent to an activating group) is 1. The molecule has 33 heavy (non-hydrogen) atoms. The maximum atomic E-state index is 5.06. The molecule has 3 fully saturated rings. The number of aromatic amines is 1. The fourth-order valence-electron chi connectivity index (χ4n) is 6.20. The summed E-state index contributed by atoms with van der Waals surface area (Å²) in [5.41, 5.74) is 4.69. The summed E-state index contributed by atoms with van der Waals surface area (Å²) in [7, 11) is 4.46. The molecule has 2 saturated heterocycles. The van der Waals surface area contributed by atoms with Gasteiger partial charge in [-0.3, -0.25) is 9.80 Å². The highest BCUT2D eigenvalue weighted by Gasteiger charge is 2.29. The number of rotatable bonds is 4. The Morgan fingerprint density at radius 2 is 1.82 bits per heavy atom. The largest absolute Gasteiger partial charge is 0.345 e. The second kappa shape index (κ2) is 9.10. The zero-order valence-corrected chi connectivity index (χ0v) is 20.8. The number of H-pyrrole nitrogens is 1. The summed E-state index contributed by atoms with van der Waals surface area (Å²) in [6, 6.07) is 3.66. The first-order valence-corrected chi connectivity index (χ1v) is 13.6. The monoisotopic (exact) mass is 464 g/mol. The molecule has 0 aromatic carbocycles. The molecule has 7 heteroatoms. The minimum absolute atomic E-state index is 0.484. The molecule has 6 nitrogen and oxygen atoms in total. The molecule has 6 rings (SSSR count). The van der Waals surface area contributed by atoms with Gasteiger partial charge in [0.1, 0.15) is 10.7 Å². The van der Waals surface area contributed by atoms with Crippen LogP contribution in [-0.2, 0) is 0 Å². The van der Waals surface area contributed by atoms with E-state index in [1.807, 2.05) is 11.3 Å². The van der Waals surface area contributed by atoms with E-state index in [0.29, 0.717) is 12.0 Å². The van der Waals surface area contributed by atoms with Crippen LogP contribution in [-0.4, -0.2) is 82.5 Å². The van der Waals surface area contributed by atoms with Crippen molar-refractivity contribution in [2.24, 2.45) is 0 Å². The number of fused-ring (bicyclic) bond motifs is 1. The van der Waals surface area contributed by atoms with Crippen molar-refractivity contribution in [3.8, 4) is 11.3 Å². The molecule has 1 unspecified atom stereocenters. The molecule has 3 aromatic heterocycles. The first kappa shape index (κ1) is 21.7. The van der Waals surface area contributed by atoms with Gasteiger partial charge in [0.25, 0.3) is 0 Å². The summed E-state index contributed by atoms with van der Waals surface area (Å²) in [6.07, 6.45) is 11.9. The van der Waals surface area contributed by atoms with Crippen LogP contribution in [0.5, 0.6) is 0 Å². The van der Waals surface area contributed by atoms with Crippen LogP contribution in [0.25, 0.3) is 22.3 Å². The van der Waals surface area contributed by atoms with Gasteiger partial charge < -0.3 is 9.88 Å². The predicted molar refractivity (Wildman–Crippen MR) is 136 cm³/mol. The van der Waals surface area contributed by atoms with Crippen molar-refractivity contribution in [1.82, 2.24) is 29.7 Å². The molecule has 0 spiro atoms. The molecule has 2 aliphatic heterocycles. The maximum Gasteiger partial charge on any atom is 0.137 e. The van der Waals surface area contributed by atoms with E-state index >= 15 is 0 Å². The van der Waals surface area contributed by atoms with Gasteiger partial charge in [0, 0.05) is 60.9 Å². The number of pyridine rings is 1. The summed E-state index contributed by atoms with van der Waals surface area (Å²) in [5.74, 6) is 0.631. The molecule has 0 amide bonds. The fraction of sp³-hybridized carbons (Fsp3) is 0.615. The Balaban J connectivity index is 1.18. The quantitative estimate of drug-likeness (QED) is 0.605. The summed E-state index contributed by atoms with van der Waals surface area (Å²) in [5, 5.41) is 4.72. The van der Waals surface area contributed by atoms with Gasteiger partial charge in [0.05, 0.1) is 11.7 Å². The van der Waals surface area contributed by atoms with Crippen molar-refractivity contribution >= 4 is 22.4 Å². The van der Waals surface area contributed by atoms with E-state index < -0.39 is 0 Å². The number of hydrogen-bond donors (Lipinski definition) is 1. The van der Waals surface area contributed by atoms with Gasteiger partial charge in [-0.15, -0.1) is 11.3 Å². The lowest BCUT2D eigenvalue weighted by Gasteiger charge is -2.41. The van der Waals surface area contributed by atoms with Crippen molar-refractivity contribution in [3.05, 3.63) is 34.4 Å². The highest BCUT2D eigenvalue weighted by Crippen LogP contribution is 2.39. The highest BCUT2D eigenvalue weighted by atomic mass is 32.1. The van der Waals surface area contributed by atoms with Gasteiger partial charge >= 0.3 is 0 Å². The second-order valence-corrected chi connectivity index (χ2v) is 11.3. The number of nitrogens with zero attached hydrogens (tertiary/aromatic N) is 5. The average molecular weight is 465 g/mol. The minimum Gasteiger partial charge on any atom is -0.345 e. The number of aromatic nitrogens is 3. The van der Waals surface area contributed by atoms with Gasteiger partial charge in [0.2, 0.25) is 0 Å². The lowest BCUT2D eigenvalue weighted by Crippen LogP contribution is -2.49. The number of nitrogens with one attached hydrogen (secondary N) is 1. The van der Waals surface area contributed by atoms with Crippen LogP contribution in [0.3, 0.4) is 0 Å². The Bertz CT molecular complexity index is 1090. The van der Waals surface area contributed by atoms with Crippen LogP contribution >= 0.6 is 11.3 Å². The Labute approximate surface area is 201 Å². The zero-order chi connectivity index (χ0) is 22.4. The summed E-state index contributed by atoms with van der Waals surface area (Å²) >= 11 is 1.81. The number of piperazine rings is 1. The lowest BCUT2D eigenvalue weighted by atomic mass is 9.81. The molecule has 3 aromatic rings. The first-order valence-electron chi connectivity index (χ1n) is 12.7. The van der Waals surface area contributed by atoms with E-state index in [9.17, 15) is 0 Å². The summed E-state index contributed by atoms with van der Waals surface area (Å²) in [4.78, 5) is 20.9. The molecule has 0 bridgehead atoms. The SMILES string of the molecule is CN1CCN([C@H]2CC[C@H](c3cnc4[nH]cc(-c5csc(C6CCCN6C)n5)c4c3)CC2)CC1. The molecule has 1 aliphatic carbocycles. The lowest BCUT2D eigenvalue weighted by molar-refractivity contribution is 0.0878. The Hall–Kier alpha value is -1.80. The standard InChI is InChI=1S/C26H36N6S/c1-30-10-12-32(13-11-30)20-7-5-18(6-8-20)19-14-21-22(16-28-25(21)27-15-19)23-17-33-26(29-23)24-4-3-9-31(24)2/h14-18,20,24H,3-13H2,1-2H3,(H,27,28)/t18-,20-,24?. The predicted octanol–water partition coefficient (Wildman–Crippen LogP) is 4.73. The van der Waals surface area contributed by atoms with Crippen LogP contribution in [0, 0.1) is 0 Å². The van der Waals surface area contributed by atoms with E-state index in [4.69, 9.17) is 9.97 Å². The number of thiazole rings is 1. The van der Waals surface area contributed by atoms with E-state index in [-0.39, 0.29) is 0 Å². The summed E-state index contributed by atoms with van der Waals surface area (Å²) < 4.78 is 0. The first-order chi connectivity index (χ1) is 16.2. The number of likely N-dealkylation sites (tertiary alicyclic amines) is 1. The molecule has 1 N–H and O–H groups in total. The summed E-state index contributed by atoms with van der Waals surface area (Å²) in [6.45, 7) is 6.08. The highest BCUT2D eigenvalue weighted by molar-refractivity contribution is 7.10. The third kappa shape index (κ3) is 4.25. The Kier molecular flexibility index (Phi) is 5.99. The Morgan fingerprint density at radius 1 is 1.00 bits per heavy atom. The van der Waals surface area contributed by atoms with E-state index in [1.54, 1.807) is 0 Å². The van der Waals surface area contributed by atoms with Gasteiger partial charge in [-0.25, -0.2) is 9.97 Å².